The highest BCUT2D eigenvalue weighted by atomic mass is 19.1. The lowest BCUT2D eigenvalue weighted by Gasteiger charge is -2.24. The fraction of sp³-hybridized carbons (Fsp3) is 0.421. The number of aliphatic hydroxyl groups is 2. The molecule has 4 rings (SSSR count). The van der Waals surface area contributed by atoms with E-state index >= 15 is 4.39 Å². The van der Waals surface area contributed by atoms with Crippen LogP contribution in [0.4, 0.5) is 10.3 Å². The van der Waals surface area contributed by atoms with Gasteiger partial charge in [0.25, 0.3) is 0 Å². The minimum atomic E-state index is -2.19. The Kier molecular flexibility index (Phi) is 4.85. The van der Waals surface area contributed by atoms with Crippen molar-refractivity contribution < 1.29 is 24.1 Å². The molecule has 154 valence electrons. The molecule has 0 spiro atoms. The van der Waals surface area contributed by atoms with Crippen molar-refractivity contribution in [1.82, 2.24) is 19.5 Å². The molecule has 2 aromatic heterocycles. The Labute approximate surface area is 165 Å². The minimum Gasteiger partial charge on any atom is -0.471 e. The van der Waals surface area contributed by atoms with Gasteiger partial charge in [-0.1, -0.05) is 30.3 Å². The van der Waals surface area contributed by atoms with Crippen molar-refractivity contribution in [3.05, 3.63) is 42.2 Å². The zero-order valence-corrected chi connectivity index (χ0v) is 15.9. The lowest BCUT2D eigenvalue weighted by Crippen LogP contribution is -2.42. The first kappa shape index (κ1) is 19.5. The van der Waals surface area contributed by atoms with Crippen LogP contribution in [0.3, 0.4) is 0 Å². The first-order chi connectivity index (χ1) is 13.8. The maximum atomic E-state index is 15.3. The third kappa shape index (κ3) is 3.39. The van der Waals surface area contributed by atoms with Crippen molar-refractivity contribution >= 4 is 17.1 Å². The number of alkyl halides is 1. The largest absolute Gasteiger partial charge is 0.471 e. The van der Waals surface area contributed by atoms with E-state index in [1.54, 1.807) is 0 Å². The van der Waals surface area contributed by atoms with E-state index in [-0.39, 0.29) is 29.6 Å². The van der Waals surface area contributed by atoms with Crippen LogP contribution in [0.1, 0.15) is 25.6 Å². The summed E-state index contributed by atoms with van der Waals surface area (Å²) in [6.45, 7) is 2.87. The van der Waals surface area contributed by atoms with Crippen LogP contribution in [-0.2, 0) is 11.3 Å². The molecule has 1 aromatic carbocycles. The van der Waals surface area contributed by atoms with Gasteiger partial charge in [0.2, 0.25) is 11.8 Å². The highest BCUT2D eigenvalue weighted by Crippen LogP contribution is 2.43. The average molecular weight is 403 g/mol. The number of nitrogen functional groups attached to an aromatic ring is 1. The Morgan fingerprint density at radius 1 is 1.34 bits per heavy atom. The predicted octanol–water partition coefficient (Wildman–Crippen LogP) is 1.35. The summed E-state index contributed by atoms with van der Waals surface area (Å²) in [5, 5.41) is 20.1. The van der Waals surface area contributed by atoms with Crippen molar-refractivity contribution in [3.8, 4) is 5.88 Å². The molecular formula is C19H22FN5O4. The first-order valence-electron chi connectivity index (χ1n) is 9.16. The molecule has 0 saturated carbocycles. The van der Waals surface area contributed by atoms with Crippen molar-refractivity contribution in [1.29, 1.82) is 0 Å². The van der Waals surface area contributed by atoms with Crippen molar-refractivity contribution in [2.75, 3.05) is 5.73 Å². The molecule has 1 fully saturated rings. The van der Waals surface area contributed by atoms with Crippen LogP contribution in [0.25, 0.3) is 11.2 Å². The molecule has 10 heteroatoms. The van der Waals surface area contributed by atoms with Crippen molar-refractivity contribution in [2.45, 2.75) is 50.7 Å². The van der Waals surface area contributed by atoms with E-state index in [2.05, 4.69) is 15.0 Å². The highest BCUT2D eigenvalue weighted by molar-refractivity contribution is 5.77. The van der Waals surface area contributed by atoms with Crippen LogP contribution in [0.2, 0.25) is 0 Å². The van der Waals surface area contributed by atoms with Gasteiger partial charge in [0.05, 0.1) is 12.4 Å². The molecule has 1 saturated heterocycles. The number of halogens is 1. The number of nitrogens with zero attached hydrogens (tertiary/aromatic N) is 4. The van der Waals surface area contributed by atoms with Crippen LogP contribution < -0.4 is 10.5 Å². The van der Waals surface area contributed by atoms with Crippen LogP contribution in [0.5, 0.6) is 5.88 Å². The molecule has 1 unspecified atom stereocenters. The molecule has 0 radical (unpaired) electrons. The Morgan fingerprint density at radius 3 is 2.72 bits per heavy atom. The van der Waals surface area contributed by atoms with Gasteiger partial charge in [0, 0.05) is 0 Å². The lowest BCUT2D eigenvalue weighted by atomic mass is 9.96. The summed E-state index contributed by atoms with van der Waals surface area (Å²) in [7, 11) is 0. The Balaban J connectivity index is 1.70. The molecule has 5 atom stereocenters. The molecule has 29 heavy (non-hydrogen) atoms. The lowest BCUT2D eigenvalue weighted by molar-refractivity contribution is -0.0795. The fourth-order valence-corrected chi connectivity index (χ4v) is 3.44. The highest BCUT2D eigenvalue weighted by Gasteiger charge is 2.56. The van der Waals surface area contributed by atoms with Crippen LogP contribution in [0.15, 0.2) is 36.7 Å². The molecule has 0 amide bonds. The topological polar surface area (TPSA) is 129 Å². The number of nitrogens with two attached hydrogens (primary N) is 1. The van der Waals surface area contributed by atoms with Gasteiger partial charge >= 0.3 is 0 Å². The molecule has 3 heterocycles. The number of aromatic nitrogens is 4. The summed E-state index contributed by atoms with van der Waals surface area (Å²) in [6.07, 6.45) is -3.63. The monoisotopic (exact) mass is 403 g/mol. The zero-order valence-electron chi connectivity index (χ0n) is 15.9. The van der Waals surface area contributed by atoms with E-state index < -0.39 is 30.2 Å². The first-order valence-corrected chi connectivity index (χ1v) is 9.16. The number of benzene rings is 1. The van der Waals surface area contributed by atoms with Crippen LogP contribution in [0, 0.1) is 0 Å². The molecule has 0 aliphatic carbocycles. The third-order valence-corrected chi connectivity index (χ3v) is 5.01. The van der Waals surface area contributed by atoms with Gasteiger partial charge in [0.1, 0.15) is 18.8 Å². The van der Waals surface area contributed by atoms with Crippen LogP contribution >= 0.6 is 0 Å². The summed E-state index contributed by atoms with van der Waals surface area (Å²) in [5.74, 6) is 0.0785. The molecule has 9 nitrogen and oxygen atoms in total. The van der Waals surface area contributed by atoms with E-state index in [4.69, 9.17) is 15.2 Å². The van der Waals surface area contributed by atoms with E-state index in [0.29, 0.717) is 0 Å². The summed E-state index contributed by atoms with van der Waals surface area (Å²) in [6, 6.07) is 9.48. The fourth-order valence-electron chi connectivity index (χ4n) is 3.44. The average Bonchev–Trinajstić information content (AvgIpc) is 3.19. The number of imidazole rings is 1. The number of anilines is 1. The molecule has 1 aliphatic rings. The SMILES string of the molecule is CC(O)[C@H]1O[C@@H](n2cnc3c(OCc4ccccc4)nc(N)nc32)[C@](C)(F)[C@@H]1O. The summed E-state index contributed by atoms with van der Waals surface area (Å²) < 4.78 is 28.0. The Hall–Kier alpha value is -2.82. The van der Waals surface area contributed by atoms with Gasteiger partial charge < -0.3 is 25.4 Å². The molecule has 3 aromatic rings. The zero-order chi connectivity index (χ0) is 20.8. The van der Waals surface area contributed by atoms with Gasteiger partial charge in [-0.2, -0.15) is 9.97 Å². The van der Waals surface area contributed by atoms with E-state index in [9.17, 15) is 10.2 Å². The predicted molar refractivity (Wildman–Crippen MR) is 102 cm³/mol. The van der Waals surface area contributed by atoms with Gasteiger partial charge in [-0.15, -0.1) is 0 Å². The third-order valence-electron chi connectivity index (χ3n) is 5.01. The number of ether oxygens (including phenoxy) is 2. The minimum absolute atomic E-state index is 0.0755. The Morgan fingerprint density at radius 2 is 2.07 bits per heavy atom. The summed E-state index contributed by atoms with van der Waals surface area (Å²) in [5.41, 5.74) is 5.04. The standard InChI is InChI=1S/C19H22FN5O4/c1-10(26)13-14(27)19(2,20)17(29-13)25-9-22-12-15(25)23-18(21)24-16(12)28-8-11-6-4-3-5-7-11/h3-7,9-10,13-14,17,26-27H,8H2,1-2H3,(H2,21,23,24)/t10?,13-,14-,17-,19-/m1/s1. The van der Waals surface area contributed by atoms with Gasteiger partial charge in [-0.25, -0.2) is 9.37 Å². The maximum Gasteiger partial charge on any atom is 0.247 e. The van der Waals surface area contributed by atoms with Crippen LogP contribution in [-0.4, -0.2) is 53.7 Å². The molecular weight excluding hydrogens is 381 g/mol. The quantitative estimate of drug-likeness (QED) is 0.582. The second-order valence-corrected chi connectivity index (χ2v) is 7.28. The second-order valence-electron chi connectivity index (χ2n) is 7.28. The van der Waals surface area contributed by atoms with Crippen molar-refractivity contribution in [2.24, 2.45) is 0 Å². The normalized spacial score (nSPS) is 28.0. The summed E-state index contributed by atoms with van der Waals surface area (Å²) >= 11 is 0. The van der Waals surface area contributed by atoms with Gasteiger partial charge in [0.15, 0.2) is 23.1 Å². The van der Waals surface area contributed by atoms with Gasteiger partial charge in [-0.3, -0.25) is 4.57 Å². The molecule has 4 N–H and O–H groups in total. The Bertz CT molecular complexity index is 1010. The number of fused-ring (bicyclic) bond motifs is 1. The van der Waals surface area contributed by atoms with E-state index in [1.807, 2.05) is 30.3 Å². The van der Waals surface area contributed by atoms with Crippen molar-refractivity contribution in [3.63, 3.8) is 0 Å². The number of rotatable bonds is 5. The number of hydrogen-bond acceptors (Lipinski definition) is 8. The number of aliphatic hydroxyl groups excluding tert-OH is 2. The van der Waals surface area contributed by atoms with E-state index in [0.717, 1.165) is 5.56 Å². The summed E-state index contributed by atoms with van der Waals surface area (Å²) in [4.78, 5) is 12.5. The second kappa shape index (κ2) is 7.21. The van der Waals surface area contributed by atoms with Gasteiger partial charge in [-0.05, 0) is 19.4 Å². The molecule has 0 bridgehead atoms. The number of hydrogen-bond donors (Lipinski definition) is 3. The smallest absolute Gasteiger partial charge is 0.247 e. The molecule has 1 aliphatic heterocycles. The van der Waals surface area contributed by atoms with E-state index in [1.165, 1.54) is 24.7 Å². The maximum absolute atomic E-state index is 15.3.